The van der Waals surface area contributed by atoms with Crippen LogP contribution in [0.3, 0.4) is 0 Å². The van der Waals surface area contributed by atoms with Crippen LogP contribution < -0.4 is 5.32 Å². The number of hydrogen-bond acceptors (Lipinski definition) is 5. The fraction of sp³-hybridized carbons (Fsp3) is 0.400. The third-order valence-electron chi connectivity index (χ3n) is 3.10. The van der Waals surface area contributed by atoms with Crippen LogP contribution >= 0.6 is 0 Å². The van der Waals surface area contributed by atoms with Gasteiger partial charge in [0.1, 0.15) is 6.54 Å². The Kier molecular flexibility index (Phi) is 5.79. The van der Waals surface area contributed by atoms with Crippen molar-refractivity contribution in [2.45, 2.75) is 26.4 Å². The van der Waals surface area contributed by atoms with Crippen LogP contribution in [-0.4, -0.2) is 50.5 Å². The number of amides is 2. The maximum atomic E-state index is 12.2. The minimum Gasteiger partial charge on any atom is -0.354 e. The summed E-state index contributed by atoms with van der Waals surface area (Å²) in [4.78, 5) is 26.6. The largest absolute Gasteiger partial charge is 0.354 e. The predicted octanol–water partition coefficient (Wildman–Crippen LogP) is 0.471. The summed E-state index contributed by atoms with van der Waals surface area (Å²) in [5.74, 6) is 0.104. The zero-order chi connectivity index (χ0) is 16.7. The molecule has 0 spiro atoms. The predicted molar refractivity (Wildman–Crippen MR) is 83.4 cm³/mol. The standard InChI is InChI=1S/C15H20N6O2/c1-3-9-16-14(22)11-21-18-13(17-19-21)10-20(2)15(23)12-7-5-4-6-8-12/h4-8H,3,9-11H2,1-2H3,(H,16,22). The van der Waals surface area contributed by atoms with E-state index in [9.17, 15) is 9.59 Å². The molecule has 0 saturated heterocycles. The molecule has 0 saturated carbocycles. The Morgan fingerprint density at radius 2 is 2.00 bits per heavy atom. The molecule has 0 aliphatic rings. The Morgan fingerprint density at radius 1 is 1.26 bits per heavy atom. The Balaban J connectivity index is 1.91. The van der Waals surface area contributed by atoms with Crippen LogP contribution in [-0.2, 0) is 17.9 Å². The molecule has 1 aromatic carbocycles. The van der Waals surface area contributed by atoms with E-state index in [-0.39, 0.29) is 24.9 Å². The first kappa shape index (κ1) is 16.6. The zero-order valence-electron chi connectivity index (χ0n) is 13.3. The number of carbonyl (C=O) groups excluding carboxylic acids is 2. The lowest BCUT2D eigenvalue weighted by atomic mass is 10.2. The van der Waals surface area contributed by atoms with E-state index < -0.39 is 0 Å². The Bertz CT molecular complexity index is 655. The van der Waals surface area contributed by atoms with Crippen LogP contribution in [0.1, 0.15) is 29.5 Å². The van der Waals surface area contributed by atoms with Crippen molar-refractivity contribution in [1.29, 1.82) is 0 Å². The molecule has 0 bridgehead atoms. The van der Waals surface area contributed by atoms with Crippen molar-refractivity contribution >= 4 is 11.8 Å². The highest BCUT2D eigenvalue weighted by Gasteiger charge is 2.14. The topological polar surface area (TPSA) is 93.0 Å². The lowest BCUT2D eigenvalue weighted by molar-refractivity contribution is -0.122. The molecular formula is C15H20N6O2. The van der Waals surface area contributed by atoms with Crippen LogP contribution in [0.25, 0.3) is 0 Å². The number of nitrogens with one attached hydrogen (secondary N) is 1. The molecule has 0 unspecified atom stereocenters. The van der Waals surface area contributed by atoms with Crippen LogP contribution in [0.15, 0.2) is 30.3 Å². The second kappa shape index (κ2) is 8.02. The molecule has 0 fully saturated rings. The smallest absolute Gasteiger partial charge is 0.254 e. The van der Waals surface area contributed by atoms with Gasteiger partial charge in [0.15, 0.2) is 5.82 Å². The molecule has 1 aromatic heterocycles. The van der Waals surface area contributed by atoms with Crippen LogP contribution in [0.5, 0.6) is 0 Å². The highest BCUT2D eigenvalue weighted by Crippen LogP contribution is 2.05. The third-order valence-corrected chi connectivity index (χ3v) is 3.10. The van der Waals surface area contributed by atoms with Gasteiger partial charge in [-0.3, -0.25) is 9.59 Å². The quantitative estimate of drug-likeness (QED) is 0.801. The van der Waals surface area contributed by atoms with E-state index in [1.54, 1.807) is 19.2 Å². The van der Waals surface area contributed by atoms with Gasteiger partial charge < -0.3 is 10.2 Å². The molecule has 8 nitrogen and oxygen atoms in total. The van der Waals surface area contributed by atoms with Gasteiger partial charge in [-0.15, -0.1) is 10.2 Å². The summed E-state index contributed by atoms with van der Waals surface area (Å²) in [5, 5.41) is 14.6. The fourth-order valence-electron chi connectivity index (χ4n) is 1.94. The number of hydrogen-bond donors (Lipinski definition) is 1. The van der Waals surface area contributed by atoms with E-state index in [2.05, 4.69) is 20.7 Å². The maximum absolute atomic E-state index is 12.2. The zero-order valence-corrected chi connectivity index (χ0v) is 13.3. The minimum absolute atomic E-state index is 0.0172. The van der Waals surface area contributed by atoms with Gasteiger partial charge in [-0.2, -0.15) is 4.80 Å². The van der Waals surface area contributed by atoms with Crippen molar-refractivity contribution in [1.82, 2.24) is 30.4 Å². The lowest BCUT2D eigenvalue weighted by Crippen LogP contribution is -2.29. The summed E-state index contributed by atoms with van der Waals surface area (Å²) in [6.07, 6.45) is 0.869. The molecule has 1 N–H and O–H groups in total. The number of benzene rings is 1. The van der Waals surface area contributed by atoms with E-state index >= 15 is 0 Å². The monoisotopic (exact) mass is 316 g/mol. The van der Waals surface area contributed by atoms with Crippen LogP contribution in [0.2, 0.25) is 0 Å². The number of tetrazole rings is 1. The van der Waals surface area contributed by atoms with Gasteiger partial charge in [0.05, 0.1) is 6.54 Å². The first-order valence-electron chi connectivity index (χ1n) is 7.44. The van der Waals surface area contributed by atoms with Crippen molar-refractivity contribution in [3.63, 3.8) is 0 Å². The Morgan fingerprint density at radius 3 is 2.70 bits per heavy atom. The summed E-state index contributed by atoms with van der Waals surface area (Å²) >= 11 is 0. The number of nitrogens with zero attached hydrogens (tertiary/aromatic N) is 5. The SMILES string of the molecule is CCCNC(=O)Cn1nnc(CN(C)C(=O)c2ccccc2)n1. The Hall–Kier alpha value is -2.77. The molecule has 0 atom stereocenters. The van der Waals surface area contributed by atoms with Crippen molar-refractivity contribution in [3.05, 3.63) is 41.7 Å². The molecule has 2 rings (SSSR count). The Labute approximate surface area is 134 Å². The van der Waals surface area contributed by atoms with Gasteiger partial charge in [-0.25, -0.2) is 0 Å². The van der Waals surface area contributed by atoms with Gasteiger partial charge in [-0.1, -0.05) is 25.1 Å². The van der Waals surface area contributed by atoms with Crippen molar-refractivity contribution in [2.75, 3.05) is 13.6 Å². The van der Waals surface area contributed by atoms with Crippen LogP contribution in [0.4, 0.5) is 0 Å². The van der Waals surface area contributed by atoms with Gasteiger partial charge >= 0.3 is 0 Å². The lowest BCUT2D eigenvalue weighted by Gasteiger charge is -2.14. The molecular weight excluding hydrogens is 296 g/mol. The molecule has 2 aromatic rings. The number of aromatic nitrogens is 4. The van der Waals surface area contributed by atoms with E-state index in [4.69, 9.17) is 0 Å². The third kappa shape index (κ3) is 4.87. The normalized spacial score (nSPS) is 10.3. The highest BCUT2D eigenvalue weighted by atomic mass is 16.2. The molecule has 2 amide bonds. The van der Waals surface area contributed by atoms with E-state index in [1.165, 1.54) is 9.70 Å². The van der Waals surface area contributed by atoms with Gasteiger partial charge in [0.25, 0.3) is 5.91 Å². The van der Waals surface area contributed by atoms with E-state index in [1.807, 2.05) is 25.1 Å². The van der Waals surface area contributed by atoms with E-state index in [0.29, 0.717) is 17.9 Å². The second-order valence-electron chi connectivity index (χ2n) is 5.11. The average molecular weight is 316 g/mol. The molecule has 0 radical (unpaired) electrons. The van der Waals surface area contributed by atoms with Crippen LogP contribution in [0, 0.1) is 0 Å². The molecule has 1 heterocycles. The molecule has 8 heteroatoms. The van der Waals surface area contributed by atoms with Gasteiger partial charge in [0, 0.05) is 19.2 Å². The average Bonchev–Trinajstić information content (AvgIpc) is 2.99. The molecule has 0 aliphatic heterocycles. The van der Waals surface area contributed by atoms with Crippen molar-refractivity contribution < 1.29 is 9.59 Å². The van der Waals surface area contributed by atoms with Crippen molar-refractivity contribution in [3.8, 4) is 0 Å². The number of rotatable bonds is 7. The molecule has 122 valence electrons. The van der Waals surface area contributed by atoms with E-state index in [0.717, 1.165) is 6.42 Å². The molecule has 0 aliphatic carbocycles. The summed E-state index contributed by atoms with van der Waals surface area (Å²) < 4.78 is 0. The molecule has 23 heavy (non-hydrogen) atoms. The highest BCUT2D eigenvalue weighted by molar-refractivity contribution is 5.93. The summed E-state index contributed by atoms with van der Waals surface area (Å²) in [6, 6.07) is 8.98. The summed E-state index contributed by atoms with van der Waals surface area (Å²) in [6.45, 7) is 2.84. The van der Waals surface area contributed by atoms with Gasteiger partial charge in [0.2, 0.25) is 5.91 Å². The summed E-state index contributed by atoms with van der Waals surface area (Å²) in [5.41, 5.74) is 0.598. The summed E-state index contributed by atoms with van der Waals surface area (Å²) in [7, 11) is 1.67. The first-order valence-corrected chi connectivity index (χ1v) is 7.44. The minimum atomic E-state index is -0.162. The first-order chi connectivity index (χ1) is 11.1. The van der Waals surface area contributed by atoms with Gasteiger partial charge in [-0.05, 0) is 23.8 Å². The second-order valence-corrected chi connectivity index (χ2v) is 5.11. The fourth-order valence-corrected chi connectivity index (χ4v) is 1.94. The maximum Gasteiger partial charge on any atom is 0.254 e. The number of carbonyl (C=O) groups is 2. The van der Waals surface area contributed by atoms with Crippen molar-refractivity contribution in [2.24, 2.45) is 0 Å².